The topological polar surface area (TPSA) is 56.4 Å². The number of oxazole rings is 1. The number of carbonyl (C=O) groups is 1. The largest absolute Gasteiger partial charge is 0.465 e. The van der Waals surface area contributed by atoms with E-state index in [2.05, 4.69) is 5.32 Å². The number of methoxy groups -OCH3 is 1. The Balaban J connectivity index is 1.93. The van der Waals surface area contributed by atoms with Crippen LogP contribution in [0, 0.1) is 4.84 Å². The second-order valence-corrected chi connectivity index (χ2v) is 5.57. The van der Waals surface area contributed by atoms with Gasteiger partial charge in [0.2, 0.25) is 0 Å². The molecular formula is C16H13ClN2O3S. The highest BCUT2D eigenvalue weighted by Gasteiger charge is 2.12. The monoisotopic (exact) mass is 348 g/mol. The molecule has 0 aliphatic carbocycles. The van der Waals surface area contributed by atoms with Gasteiger partial charge in [-0.15, -0.1) is 0 Å². The average Bonchev–Trinajstić information content (AvgIpc) is 2.87. The molecule has 0 saturated carbocycles. The van der Waals surface area contributed by atoms with E-state index in [0.29, 0.717) is 33.4 Å². The fourth-order valence-corrected chi connectivity index (χ4v) is 2.69. The van der Waals surface area contributed by atoms with Gasteiger partial charge in [-0.05, 0) is 42.5 Å². The molecule has 23 heavy (non-hydrogen) atoms. The minimum absolute atomic E-state index is 0.324. The van der Waals surface area contributed by atoms with E-state index in [4.69, 9.17) is 33.0 Å². The Morgan fingerprint density at radius 1 is 1.35 bits per heavy atom. The van der Waals surface area contributed by atoms with Gasteiger partial charge < -0.3 is 14.5 Å². The highest BCUT2D eigenvalue weighted by atomic mass is 35.5. The lowest BCUT2D eigenvalue weighted by Gasteiger charge is -2.11. The van der Waals surface area contributed by atoms with Gasteiger partial charge in [0.25, 0.3) is 4.84 Å². The van der Waals surface area contributed by atoms with Crippen LogP contribution < -0.4 is 5.32 Å². The number of esters is 1. The zero-order valence-corrected chi connectivity index (χ0v) is 13.8. The van der Waals surface area contributed by atoms with Gasteiger partial charge in [-0.2, -0.15) is 0 Å². The number of aromatic nitrogens is 1. The van der Waals surface area contributed by atoms with E-state index in [-0.39, 0.29) is 0 Å². The molecule has 0 fully saturated rings. The van der Waals surface area contributed by atoms with E-state index in [1.807, 2.05) is 6.07 Å². The summed E-state index contributed by atoms with van der Waals surface area (Å²) in [6, 6.07) is 12.4. The maximum atomic E-state index is 11.8. The van der Waals surface area contributed by atoms with E-state index in [1.165, 1.54) is 7.11 Å². The number of nitrogens with zero attached hydrogens (tertiary/aromatic N) is 1. The summed E-state index contributed by atoms with van der Waals surface area (Å²) in [6.07, 6.45) is 0. The zero-order chi connectivity index (χ0) is 16.4. The van der Waals surface area contributed by atoms with Crippen molar-refractivity contribution in [3.63, 3.8) is 0 Å². The molecule has 3 aromatic rings. The summed E-state index contributed by atoms with van der Waals surface area (Å²) < 4.78 is 12.1. The number of fused-ring (bicyclic) bond motifs is 1. The highest BCUT2D eigenvalue weighted by Crippen LogP contribution is 2.23. The lowest BCUT2D eigenvalue weighted by atomic mass is 10.2. The van der Waals surface area contributed by atoms with Gasteiger partial charge in [0, 0.05) is 5.02 Å². The molecule has 1 heterocycles. The Morgan fingerprint density at radius 2 is 2.13 bits per heavy atom. The number of hydrogen-bond acceptors (Lipinski definition) is 5. The quantitative estimate of drug-likeness (QED) is 0.556. The lowest BCUT2D eigenvalue weighted by molar-refractivity contribution is 0.0602. The van der Waals surface area contributed by atoms with Crippen molar-refractivity contribution < 1.29 is 13.9 Å². The van der Waals surface area contributed by atoms with Gasteiger partial charge >= 0.3 is 5.97 Å². The van der Waals surface area contributed by atoms with Crippen molar-refractivity contribution >= 4 is 46.6 Å². The molecule has 3 rings (SSSR count). The van der Waals surface area contributed by atoms with E-state index < -0.39 is 5.97 Å². The van der Waals surface area contributed by atoms with E-state index in [0.717, 1.165) is 5.52 Å². The van der Waals surface area contributed by atoms with Crippen molar-refractivity contribution in [3.05, 3.63) is 57.9 Å². The summed E-state index contributed by atoms with van der Waals surface area (Å²) >= 11 is 11.3. The molecule has 1 aromatic heterocycles. The summed E-state index contributed by atoms with van der Waals surface area (Å²) in [5.74, 6) is -0.406. The molecule has 7 heteroatoms. The molecule has 1 N–H and O–H groups in total. The van der Waals surface area contributed by atoms with Crippen LogP contribution in [0.3, 0.4) is 0 Å². The molecule has 0 aliphatic rings. The van der Waals surface area contributed by atoms with E-state index >= 15 is 0 Å². The summed E-state index contributed by atoms with van der Waals surface area (Å²) in [7, 11) is 1.35. The maximum absolute atomic E-state index is 11.8. The highest BCUT2D eigenvalue weighted by molar-refractivity contribution is 7.71. The third-order valence-corrected chi connectivity index (χ3v) is 3.93. The summed E-state index contributed by atoms with van der Waals surface area (Å²) in [6.45, 7) is 0.334. The van der Waals surface area contributed by atoms with Crippen molar-refractivity contribution in [2.75, 3.05) is 12.4 Å². The number of halogens is 1. The number of benzene rings is 2. The normalized spacial score (nSPS) is 10.7. The molecular weight excluding hydrogens is 336 g/mol. The Kier molecular flexibility index (Phi) is 4.36. The van der Waals surface area contributed by atoms with Crippen molar-refractivity contribution in [2.24, 2.45) is 0 Å². The maximum Gasteiger partial charge on any atom is 0.339 e. The zero-order valence-electron chi connectivity index (χ0n) is 12.2. The van der Waals surface area contributed by atoms with Crippen LogP contribution in [0.5, 0.6) is 0 Å². The number of ether oxygens (including phenoxy) is 1. The molecule has 2 aromatic carbocycles. The number of para-hydroxylation sites is 1. The minimum atomic E-state index is -0.406. The van der Waals surface area contributed by atoms with Gasteiger partial charge in [0.05, 0.1) is 30.5 Å². The standard InChI is InChI=1S/C16H13ClN2O3S/c1-21-15(20)11-4-2-3-5-12(11)18-9-19-13-8-10(17)6-7-14(13)22-16(19)23/h2-8,18H,9H2,1H3. The number of anilines is 1. The number of hydrogen-bond donors (Lipinski definition) is 1. The lowest BCUT2D eigenvalue weighted by Crippen LogP contribution is -2.12. The van der Waals surface area contributed by atoms with Crippen molar-refractivity contribution in [3.8, 4) is 0 Å². The van der Waals surface area contributed by atoms with Crippen molar-refractivity contribution in [1.29, 1.82) is 0 Å². The molecule has 0 amide bonds. The summed E-state index contributed by atoms with van der Waals surface area (Å²) in [5.41, 5.74) is 2.54. The van der Waals surface area contributed by atoms with Gasteiger partial charge in [0.15, 0.2) is 5.58 Å². The molecule has 5 nitrogen and oxygen atoms in total. The molecule has 0 aliphatic heterocycles. The molecule has 0 bridgehead atoms. The minimum Gasteiger partial charge on any atom is -0.465 e. The Hall–Kier alpha value is -2.31. The Labute approximate surface area is 142 Å². The van der Waals surface area contributed by atoms with Gasteiger partial charge in [-0.25, -0.2) is 4.79 Å². The van der Waals surface area contributed by atoms with Crippen LogP contribution in [-0.2, 0) is 11.4 Å². The predicted molar refractivity (Wildman–Crippen MR) is 91.5 cm³/mol. The number of rotatable bonds is 4. The third-order valence-electron chi connectivity index (χ3n) is 3.39. The number of nitrogens with one attached hydrogen (secondary N) is 1. The third kappa shape index (κ3) is 3.09. The first kappa shape index (κ1) is 15.6. The molecule has 0 atom stereocenters. The smallest absolute Gasteiger partial charge is 0.339 e. The second-order valence-electron chi connectivity index (χ2n) is 4.78. The summed E-state index contributed by atoms with van der Waals surface area (Å²) in [5, 5.41) is 3.77. The molecule has 0 radical (unpaired) electrons. The summed E-state index contributed by atoms with van der Waals surface area (Å²) in [4.78, 5) is 12.1. The fraction of sp³-hybridized carbons (Fsp3) is 0.125. The first-order valence-corrected chi connectivity index (χ1v) is 7.59. The fourth-order valence-electron chi connectivity index (χ4n) is 2.27. The van der Waals surface area contributed by atoms with Gasteiger partial charge in [-0.1, -0.05) is 23.7 Å². The van der Waals surface area contributed by atoms with Gasteiger partial charge in [-0.3, -0.25) is 4.57 Å². The van der Waals surface area contributed by atoms with Crippen LogP contribution in [0.4, 0.5) is 5.69 Å². The van der Waals surface area contributed by atoms with Gasteiger partial charge in [0.1, 0.15) is 0 Å². The molecule has 0 saturated heterocycles. The molecule has 0 unspecified atom stereocenters. The first-order valence-electron chi connectivity index (χ1n) is 6.80. The number of carbonyl (C=O) groups excluding carboxylic acids is 1. The van der Waals surface area contributed by atoms with Crippen LogP contribution in [0.2, 0.25) is 5.02 Å². The van der Waals surface area contributed by atoms with Crippen LogP contribution in [-0.4, -0.2) is 17.6 Å². The second kappa shape index (κ2) is 6.44. The van der Waals surface area contributed by atoms with E-state index in [9.17, 15) is 4.79 Å². The first-order chi connectivity index (χ1) is 11.1. The molecule has 0 spiro atoms. The van der Waals surface area contributed by atoms with Crippen LogP contribution in [0.25, 0.3) is 11.1 Å². The van der Waals surface area contributed by atoms with Crippen LogP contribution in [0.15, 0.2) is 46.9 Å². The van der Waals surface area contributed by atoms with Crippen molar-refractivity contribution in [1.82, 2.24) is 4.57 Å². The predicted octanol–water partition coefficient (Wildman–Crippen LogP) is 4.47. The Morgan fingerprint density at radius 3 is 2.91 bits per heavy atom. The van der Waals surface area contributed by atoms with Crippen molar-refractivity contribution in [2.45, 2.75) is 6.67 Å². The van der Waals surface area contributed by atoms with Crippen LogP contribution in [0.1, 0.15) is 10.4 Å². The SMILES string of the molecule is COC(=O)c1ccccc1NCn1c(=S)oc2ccc(Cl)cc21. The average molecular weight is 349 g/mol. The Bertz CT molecular complexity index is 932. The van der Waals surface area contributed by atoms with E-state index in [1.54, 1.807) is 41.0 Å². The molecule has 118 valence electrons. The van der Waals surface area contributed by atoms with Crippen LogP contribution >= 0.6 is 23.8 Å².